The number of hydrogen-bond acceptors (Lipinski definition) is 3. The van der Waals surface area contributed by atoms with E-state index in [4.69, 9.17) is 10.2 Å². The zero-order valence-electron chi connectivity index (χ0n) is 14.2. The van der Waals surface area contributed by atoms with Gasteiger partial charge in [0, 0.05) is 6.04 Å². The zero-order chi connectivity index (χ0) is 16.9. The van der Waals surface area contributed by atoms with Gasteiger partial charge in [-0.1, -0.05) is 81.4 Å². The Morgan fingerprint density at radius 3 is 1.74 bits per heavy atom. The van der Waals surface area contributed by atoms with Crippen molar-refractivity contribution in [3.05, 3.63) is 60.7 Å². The van der Waals surface area contributed by atoms with Crippen LogP contribution in [0.25, 0.3) is 0 Å². The molecule has 2 rings (SSSR count). The molecule has 3 N–H and O–H groups in total. The molecule has 124 valence electrons. The summed E-state index contributed by atoms with van der Waals surface area (Å²) in [6.45, 7) is 6.96. The highest BCUT2D eigenvalue weighted by molar-refractivity contribution is 6.99. The normalized spacial score (nSPS) is 13.8. The molecular formula is C19H27NO2Si. The second kappa shape index (κ2) is 7.40. The van der Waals surface area contributed by atoms with Gasteiger partial charge in [0.05, 0.1) is 13.2 Å². The molecule has 0 aliphatic rings. The molecule has 0 saturated carbocycles. The molecule has 0 bridgehead atoms. The summed E-state index contributed by atoms with van der Waals surface area (Å²) < 4.78 is 6.57. The summed E-state index contributed by atoms with van der Waals surface area (Å²) in [6, 6.07) is 20.5. The number of benzene rings is 2. The number of aliphatic hydroxyl groups excluding tert-OH is 1. The van der Waals surface area contributed by atoms with Crippen LogP contribution in [0.2, 0.25) is 5.04 Å². The average molecular weight is 330 g/mol. The minimum absolute atomic E-state index is 0.0646. The van der Waals surface area contributed by atoms with E-state index in [1.165, 1.54) is 10.4 Å². The molecule has 0 aromatic heterocycles. The third-order valence-corrected chi connectivity index (χ3v) is 9.17. The lowest BCUT2D eigenvalue weighted by Crippen LogP contribution is -2.67. The molecule has 0 heterocycles. The van der Waals surface area contributed by atoms with Crippen molar-refractivity contribution in [1.82, 2.24) is 0 Å². The fourth-order valence-electron chi connectivity index (χ4n) is 3.05. The first-order valence-corrected chi connectivity index (χ1v) is 9.94. The summed E-state index contributed by atoms with van der Waals surface area (Å²) in [5, 5.41) is 11.7. The van der Waals surface area contributed by atoms with Gasteiger partial charge in [-0.2, -0.15) is 0 Å². The summed E-state index contributed by atoms with van der Waals surface area (Å²) in [4.78, 5) is 0. The summed E-state index contributed by atoms with van der Waals surface area (Å²) in [5.74, 6) is 0. The molecule has 0 saturated heterocycles. The third kappa shape index (κ3) is 3.72. The summed E-state index contributed by atoms with van der Waals surface area (Å²) in [7, 11) is -2.52. The molecule has 3 nitrogen and oxygen atoms in total. The van der Waals surface area contributed by atoms with Gasteiger partial charge in [-0.3, -0.25) is 0 Å². The van der Waals surface area contributed by atoms with E-state index in [1.807, 2.05) is 12.1 Å². The molecule has 4 heteroatoms. The third-order valence-electron chi connectivity index (χ3n) is 4.17. The molecule has 0 aliphatic carbocycles. The van der Waals surface area contributed by atoms with Crippen LogP contribution in [0.1, 0.15) is 20.8 Å². The minimum atomic E-state index is -2.52. The molecular weight excluding hydrogens is 302 g/mol. The van der Waals surface area contributed by atoms with Crippen molar-refractivity contribution in [2.45, 2.75) is 31.9 Å². The van der Waals surface area contributed by atoms with Crippen LogP contribution < -0.4 is 16.1 Å². The van der Waals surface area contributed by atoms with Crippen molar-refractivity contribution in [1.29, 1.82) is 0 Å². The quantitative estimate of drug-likeness (QED) is 0.796. The summed E-state index contributed by atoms with van der Waals surface area (Å²) in [6.07, 6.45) is 0. The molecule has 0 spiro atoms. The standard InChI is InChI=1S/C19H27NO2Si/c1-19(2,3)23(22-15-16(20)14-21,17-10-6-4-7-11-17)18-12-8-5-9-13-18/h4-13,16,21H,14-15,20H2,1-3H3. The SMILES string of the molecule is CC(C)(C)[Si](OCC(N)CO)(c1ccccc1)c1ccccc1. The highest BCUT2D eigenvalue weighted by Crippen LogP contribution is 2.36. The van der Waals surface area contributed by atoms with Gasteiger partial charge < -0.3 is 15.3 Å². The lowest BCUT2D eigenvalue weighted by molar-refractivity contribution is 0.200. The predicted molar refractivity (Wildman–Crippen MR) is 98.6 cm³/mol. The predicted octanol–water partition coefficient (Wildman–Crippen LogP) is 1.88. The minimum Gasteiger partial charge on any atom is -0.406 e. The number of aliphatic hydroxyl groups is 1. The maximum absolute atomic E-state index is 9.29. The Kier molecular flexibility index (Phi) is 5.76. The van der Waals surface area contributed by atoms with Gasteiger partial charge in [-0.05, 0) is 15.4 Å². The lowest BCUT2D eigenvalue weighted by Gasteiger charge is -2.43. The Morgan fingerprint density at radius 2 is 1.39 bits per heavy atom. The molecule has 0 fully saturated rings. The molecule has 0 amide bonds. The lowest BCUT2D eigenvalue weighted by atomic mass is 10.2. The maximum atomic E-state index is 9.29. The molecule has 0 aliphatic heterocycles. The Morgan fingerprint density at radius 1 is 0.957 bits per heavy atom. The maximum Gasteiger partial charge on any atom is 0.261 e. The van der Waals surface area contributed by atoms with Crippen molar-refractivity contribution < 1.29 is 9.53 Å². The summed E-state index contributed by atoms with van der Waals surface area (Å²) >= 11 is 0. The molecule has 1 atom stereocenters. The Hall–Kier alpha value is -1.46. The van der Waals surface area contributed by atoms with Gasteiger partial charge in [0.25, 0.3) is 8.32 Å². The van der Waals surface area contributed by atoms with Crippen LogP contribution in [0.4, 0.5) is 0 Å². The van der Waals surface area contributed by atoms with Crippen molar-refractivity contribution in [3.8, 4) is 0 Å². The van der Waals surface area contributed by atoms with Crippen molar-refractivity contribution in [2.75, 3.05) is 13.2 Å². The zero-order valence-corrected chi connectivity index (χ0v) is 15.2. The topological polar surface area (TPSA) is 55.5 Å². The number of rotatable bonds is 6. The van der Waals surface area contributed by atoms with Crippen LogP contribution in [0, 0.1) is 0 Å². The largest absolute Gasteiger partial charge is 0.406 e. The highest BCUT2D eigenvalue weighted by atomic mass is 28.4. The first-order valence-electron chi connectivity index (χ1n) is 8.03. The van der Waals surface area contributed by atoms with E-state index in [2.05, 4.69) is 69.3 Å². The first-order chi connectivity index (χ1) is 10.9. The second-order valence-electron chi connectivity index (χ2n) is 6.92. The smallest absolute Gasteiger partial charge is 0.261 e. The van der Waals surface area contributed by atoms with E-state index < -0.39 is 8.32 Å². The average Bonchev–Trinajstić information content (AvgIpc) is 2.56. The fraction of sp³-hybridized carbons (Fsp3) is 0.368. The van der Waals surface area contributed by atoms with Gasteiger partial charge in [-0.15, -0.1) is 0 Å². The molecule has 2 aromatic rings. The van der Waals surface area contributed by atoms with Crippen LogP contribution in [-0.2, 0) is 4.43 Å². The Bertz CT molecular complexity index is 556. The molecule has 23 heavy (non-hydrogen) atoms. The summed E-state index contributed by atoms with van der Waals surface area (Å²) in [5.41, 5.74) is 5.93. The van der Waals surface area contributed by atoms with Crippen molar-refractivity contribution in [3.63, 3.8) is 0 Å². The van der Waals surface area contributed by atoms with Crippen LogP contribution in [0.15, 0.2) is 60.7 Å². The number of nitrogens with two attached hydrogens (primary N) is 1. The van der Waals surface area contributed by atoms with E-state index in [1.54, 1.807) is 0 Å². The Balaban J connectivity index is 2.60. The van der Waals surface area contributed by atoms with Crippen LogP contribution in [-0.4, -0.2) is 32.7 Å². The van der Waals surface area contributed by atoms with E-state index in [9.17, 15) is 5.11 Å². The van der Waals surface area contributed by atoms with E-state index in [0.29, 0.717) is 6.61 Å². The van der Waals surface area contributed by atoms with Crippen LogP contribution in [0.5, 0.6) is 0 Å². The molecule has 2 aromatic carbocycles. The monoisotopic (exact) mass is 329 g/mol. The Labute approximate surface area is 140 Å². The van der Waals surface area contributed by atoms with E-state index in [0.717, 1.165) is 0 Å². The second-order valence-corrected chi connectivity index (χ2v) is 11.2. The van der Waals surface area contributed by atoms with Gasteiger partial charge in [0.15, 0.2) is 0 Å². The van der Waals surface area contributed by atoms with E-state index >= 15 is 0 Å². The first kappa shape index (κ1) is 17.9. The van der Waals surface area contributed by atoms with Gasteiger partial charge >= 0.3 is 0 Å². The molecule has 0 radical (unpaired) electrons. The highest BCUT2D eigenvalue weighted by Gasteiger charge is 2.50. The van der Waals surface area contributed by atoms with Gasteiger partial charge in [0.2, 0.25) is 0 Å². The van der Waals surface area contributed by atoms with Gasteiger partial charge in [-0.25, -0.2) is 0 Å². The van der Waals surface area contributed by atoms with Crippen LogP contribution in [0.3, 0.4) is 0 Å². The van der Waals surface area contributed by atoms with E-state index in [-0.39, 0.29) is 17.7 Å². The fourth-order valence-corrected chi connectivity index (χ4v) is 7.67. The number of hydrogen-bond donors (Lipinski definition) is 2. The van der Waals surface area contributed by atoms with Gasteiger partial charge in [0.1, 0.15) is 0 Å². The van der Waals surface area contributed by atoms with Crippen molar-refractivity contribution >= 4 is 18.7 Å². The van der Waals surface area contributed by atoms with Crippen molar-refractivity contribution in [2.24, 2.45) is 5.73 Å². The molecule has 1 unspecified atom stereocenters. The van der Waals surface area contributed by atoms with Crippen LogP contribution >= 0.6 is 0 Å².